The molecule has 1 unspecified atom stereocenters. The van der Waals surface area contributed by atoms with Crippen molar-refractivity contribution in [3.05, 3.63) is 33.1 Å². The van der Waals surface area contributed by atoms with Crippen LogP contribution in [0.4, 0.5) is 0 Å². The van der Waals surface area contributed by atoms with Crippen LogP contribution >= 0.6 is 0 Å². The fraction of sp³-hybridized carbons (Fsp3) is 0.706. The fourth-order valence-corrected chi connectivity index (χ4v) is 3.58. The zero-order valence-corrected chi connectivity index (χ0v) is 14.5. The highest BCUT2D eigenvalue weighted by Gasteiger charge is 2.28. The normalized spacial score (nSPS) is 22.1. The van der Waals surface area contributed by atoms with E-state index in [9.17, 15) is 14.4 Å². The van der Waals surface area contributed by atoms with Crippen molar-refractivity contribution in [2.45, 2.75) is 38.3 Å². The fourth-order valence-electron chi connectivity index (χ4n) is 3.58. The molecule has 3 rings (SSSR count). The summed E-state index contributed by atoms with van der Waals surface area (Å²) in [6.45, 7) is 5.33. The Morgan fingerprint density at radius 1 is 1.20 bits per heavy atom. The Bertz CT molecular complexity index is 692. The third-order valence-corrected chi connectivity index (χ3v) is 4.98. The maximum Gasteiger partial charge on any atom is 0.328 e. The van der Waals surface area contributed by atoms with Gasteiger partial charge in [-0.3, -0.25) is 19.5 Å². The highest BCUT2D eigenvalue weighted by Crippen LogP contribution is 2.19. The minimum atomic E-state index is -0.469. The number of piperidine rings is 1. The Morgan fingerprint density at radius 3 is 2.76 bits per heavy atom. The molecule has 8 nitrogen and oxygen atoms in total. The largest absolute Gasteiger partial charge is 0.379 e. The number of aryl methyl sites for hydroxylation is 1. The molecule has 2 saturated heterocycles. The number of hydrogen-bond acceptors (Lipinski definition) is 5. The summed E-state index contributed by atoms with van der Waals surface area (Å²) < 4.78 is 6.77. The molecule has 0 radical (unpaired) electrons. The minimum Gasteiger partial charge on any atom is -0.379 e. The van der Waals surface area contributed by atoms with E-state index in [0.717, 1.165) is 58.7 Å². The lowest BCUT2D eigenvalue weighted by Gasteiger charge is -2.39. The van der Waals surface area contributed by atoms with Crippen LogP contribution in [0.5, 0.6) is 0 Å². The number of ether oxygens (including phenoxy) is 1. The number of rotatable bonds is 5. The van der Waals surface area contributed by atoms with E-state index in [4.69, 9.17) is 4.74 Å². The van der Waals surface area contributed by atoms with Crippen LogP contribution < -0.4 is 11.2 Å². The van der Waals surface area contributed by atoms with E-state index >= 15 is 0 Å². The smallest absolute Gasteiger partial charge is 0.328 e. The number of carbonyl (C=O) groups is 1. The highest BCUT2D eigenvalue weighted by molar-refractivity contribution is 5.76. The first kappa shape index (κ1) is 17.9. The van der Waals surface area contributed by atoms with Gasteiger partial charge in [-0.15, -0.1) is 0 Å². The molecule has 0 aliphatic carbocycles. The molecule has 2 aliphatic rings. The van der Waals surface area contributed by atoms with Crippen LogP contribution in [0.3, 0.4) is 0 Å². The maximum absolute atomic E-state index is 12.7. The highest BCUT2D eigenvalue weighted by atomic mass is 16.5. The van der Waals surface area contributed by atoms with Gasteiger partial charge >= 0.3 is 5.69 Å². The molecule has 2 fully saturated rings. The molecular formula is C17H26N4O4. The Labute approximate surface area is 146 Å². The first-order valence-electron chi connectivity index (χ1n) is 9.03. The van der Waals surface area contributed by atoms with Gasteiger partial charge in [-0.25, -0.2) is 4.79 Å². The van der Waals surface area contributed by atoms with Crippen molar-refractivity contribution in [1.29, 1.82) is 0 Å². The van der Waals surface area contributed by atoms with Crippen LogP contribution in [0, 0.1) is 0 Å². The van der Waals surface area contributed by atoms with E-state index in [1.54, 1.807) is 0 Å². The number of nitrogens with zero attached hydrogens (tertiary/aromatic N) is 3. The number of likely N-dealkylation sites (tertiary alicyclic amines) is 1. The van der Waals surface area contributed by atoms with E-state index in [1.807, 2.05) is 4.90 Å². The molecule has 1 aromatic heterocycles. The van der Waals surface area contributed by atoms with Crippen LogP contribution in [0.15, 0.2) is 21.9 Å². The third-order valence-electron chi connectivity index (χ3n) is 4.98. The van der Waals surface area contributed by atoms with Crippen LogP contribution in [0.2, 0.25) is 0 Å². The number of aromatic amines is 1. The molecule has 3 heterocycles. The quantitative estimate of drug-likeness (QED) is 0.784. The standard InChI is InChI=1S/C17H26N4O4/c22-15-4-7-20(17(24)18-15)8-5-16(23)21-6-2-1-3-14(21)13-19-9-11-25-12-10-19/h4,7,14H,1-3,5-6,8-13H2,(H,18,22,24). The Hall–Kier alpha value is -1.93. The third kappa shape index (κ3) is 4.79. The summed E-state index contributed by atoms with van der Waals surface area (Å²) in [6, 6.07) is 1.54. The summed E-state index contributed by atoms with van der Waals surface area (Å²) in [6.07, 6.45) is 4.92. The lowest BCUT2D eigenvalue weighted by molar-refractivity contribution is -0.135. The predicted octanol–water partition coefficient (Wildman–Crippen LogP) is -0.360. The lowest BCUT2D eigenvalue weighted by atomic mass is 10.0. The second-order valence-corrected chi connectivity index (χ2v) is 6.70. The van der Waals surface area contributed by atoms with Gasteiger partial charge in [0.15, 0.2) is 0 Å². The number of aromatic nitrogens is 2. The van der Waals surface area contributed by atoms with Gasteiger partial charge in [-0.05, 0) is 19.3 Å². The molecule has 0 saturated carbocycles. The Balaban J connectivity index is 1.58. The molecule has 0 spiro atoms. The predicted molar refractivity (Wildman–Crippen MR) is 92.6 cm³/mol. The molecule has 1 atom stereocenters. The van der Waals surface area contributed by atoms with E-state index < -0.39 is 11.2 Å². The zero-order valence-electron chi connectivity index (χ0n) is 14.5. The summed E-state index contributed by atoms with van der Waals surface area (Å²) in [5.41, 5.74) is -0.891. The number of H-pyrrole nitrogens is 1. The molecule has 0 aromatic carbocycles. The number of nitrogens with one attached hydrogen (secondary N) is 1. The van der Waals surface area contributed by atoms with Gasteiger partial charge in [0.1, 0.15) is 0 Å². The molecule has 138 valence electrons. The summed E-state index contributed by atoms with van der Waals surface area (Å²) in [5.74, 6) is 0.0797. The monoisotopic (exact) mass is 350 g/mol. The first-order valence-corrected chi connectivity index (χ1v) is 9.03. The molecule has 1 amide bonds. The van der Waals surface area contributed by atoms with Gasteiger partial charge in [0.25, 0.3) is 5.56 Å². The van der Waals surface area contributed by atoms with Crippen molar-refractivity contribution in [1.82, 2.24) is 19.4 Å². The van der Waals surface area contributed by atoms with Gasteiger partial charge in [-0.2, -0.15) is 0 Å². The molecule has 1 aromatic rings. The summed E-state index contributed by atoms with van der Waals surface area (Å²) in [5, 5.41) is 0. The molecular weight excluding hydrogens is 324 g/mol. The van der Waals surface area contributed by atoms with Gasteiger partial charge in [0, 0.05) is 57.4 Å². The Kier molecular flexibility index (Phi) is 6.04. The molecule has 2 aliphatic heterocycles. The molecule has 8 heteroatoms. The van der Waals surface area contributed by atoms with Gasteiger partial charge in [0.05, 0.1) is 13.2 Å². The van der Waals surface area contributed by atoms with Gasteiger partial charge in [0.2, 0.25) is 5.91 Å². The number of morpholine rings is 1. The van der Waals surface area contributed by atoms with Gasteiger partial charge in [-0.1, -0.05) is 0 Å². The SMILES string of the molecule is O=C(CCn1ccc(=O)[nH]c1=O)N1CCCCC1CN1CCOCC1. The zero-order chi connectivity index (χ0) is 17.6. The molecule has 1 N–H and O–H groups in total. The summed E-state index contributed by atoms with van der Waals surface area (Å²) in [7, 11) is 0. The topological polar surface area (TPSA) is 87.6 Å². The average molecular weight is 350 g/mol. The lowest BCUT2D eigenvalue weighted by Crippen LogP contribution is -2.51. The van der Waals surface area contributed by atoms with Gasteiger partial charge < -0.3 is 14.2 Å². The van der Waals surface area contributed by atoms with Crippen molar-refractivity contribution < 1.29 is 9.53 Å². The second-order valence-electron chi connectivity index (χ2n) is 6.70. The molecule has 25 heavy (non-hydrogen) atoms. The van der Waals surface area contributed by atoms with Crippen LogP contribution in [0.25, 0.3) is 0 Å². The van der Waals surface area contributed by atoms with E-state index in [2.05, 4.69) is 9.88 Å². The number of amides is 1. The van der Waals surface area contributed by atoms with Crippen LogP contribution in [-0.2, 0) is 16.1 Å². The van der Waals surface area contributed by atoms with Crippen molar-refractivity contribution >= 4 is 5.91 Å². The van der Waals surface area contributed by atoms with E-state index in [-0.39, 0.29) is 24.9 Å². The van der Waals surface area contributed by atoms with E-state index in [0.29, 0.717) is 0 Å². The van der Waals surface area contributed by atoms with Crippen molar-refractivity contribution in [2.75, 3.05) is 39.4 Å². The summed E-state index contributed by atoms with van der Waals surface area (Å²) in [4.78, 5) is 42.1. The summed E-state index contributed by atoms with van der Waals surface area (Å²) >= 11 is 0. The average Bonchev–Trinajstić information content (AvgIpc) is 2.62. The molecule has 0 bridgehead atoms. The number of carbonyl (C=O) groups excluding carboxylic acids is 1. The maximum atomic E-state index is 12.7. The van der Waals surface area contributed by atoms with Crippen LogP contribution in [0.1, 0.15) is 25.7 Å². The minimum absolute atomic E-state index is 0.0797. The van der Waals surface area contributed by atoms with Crippen molar-refractivity contribution in [3.8, 4) is 0 Å². The number of hydrogen-bond donors (Lipinski definition) is 1. The second kappa shape index (κ2) is 8.44. The van der Waals surface area contributed by atoms with Crippen molar-refractivity contribution in [3.63, 3.8) is 0 Å². The first-order chi connectivity index (χ1) is 12.1. The van der Waals surface area contributed by atoms with Crippen LogP contribution in [-0.4, -0.2) is 70.7 Å². The van der Waals surface area contributed by atoms with Crippen molar-refractivity contribution in [2.24, 2.45) is 0 Å². The Morgan fingerprint density at radius 2 is 2.00 bits per heavy atom. The van der Waals surface area contributed by atoms with E-state index in [1.165, 1.54) is 16.8 Å².